The third-order valence-electron chi connectivity index (χ3n) is 10.5. The number of anilines is 1. The molecule has 3 N–H and O–H groups in total. The number of rotatable bonds is 12. The summed E-state index contributed by atoms with van der Waals surface area (Å²) < 4.78 is 25.7. The molecule has 1 aliphatic heterocycles. The number of nitrogens with zero attached hydrogens (tertiary/aromatic N) is 2. The number of ether oxygens (including phenoxy) is 2. The second-order valence-corrected chi connectivity index (χ2v) is 13.3. The number of halogens is 1. The number of nitrogens with one attached hydrogen (secondary N) is 1. The van der Waals surface area contributed by atoms with Gasteiger partial charge in [0.1, 0.15) is 18.4 Å². The number of carbonyl (C=O) groups is 3. The lowest BCUT2D eigenvalue weighted by molar-refractivity contribution is -0.142. The SMILES string of the molecule is CCOCCCOC(=O)c1cc2cc(NC(=O)[C@@H]3[C@H](C4CCCCC4)CCN3C(=O)C3CCC(C(N)CF)CC3)ccc2n1C. The average Bonchev–Trinajstić information content (AvgIpc) is 3.66. The van der Waals surface area contributed by atoms with Crippen molar-refractivity contribution < 1.29 is 28.2 Å². The van der Waals surface area contributed by atoms with E-state index in [0.29, 0.717) is 56.3 Å². The number of likely N-dealkylation sites (tertiary alicyclic amines) is 1. The Balaban J connectivity index is 1.30. The minimum Gasteiger partial charge on any atom is -0.461 e. The van der Waals surface area contributed by atoms with Crippen LogP contribution in [-0.4, -0.2) is 72.4 Å². The van der Waals surface area contributed by atoms with Crippen molar-refractivity contribution in [3.63, 3.8) is 0 Å². The number of hydrogen-bond donors (Lipinski definition) is 2. The van der Waals surface area contributed by atoms with E-state index in [1.165, 1.54) is 19.3 Å². The van der Waals surface area contributed by atoms with Gasteiger partial charge in [-0.2, -0.15) is 0 Å². The zero-order valence-electron chi connectivity index (χ0n) is 27.0. The highest BCUT2D eigenvalue weighted by Crippen LogP contribution is 2.41. The van der Waals surface area contributed by atoms with Gasteiger partial charge in [-0.05, 0) is 81.0 Å². The Morgan fingerprint density at radius 2 is 1.78 bits per heavy atom. The number of esters is 1. The van der Waals surface area contributed by atoms with Crippen LogP contribution in [0.2, 0.25) is 0 Å². The number of hydrogen-bond acceptors (Lipinski definition) is 6. The molecule has 1 saturated heterocycles. The molecule has 9 nitrogen and oxygen atoms in total. The van der Waals surface area contributed by atoms with Gasteiger partial charge >= 0.3 is 5.97 Å². The molecule has 45 heavy (non-hydrogen) atoms. The normalized spacial score (nSPS) is 24.9. The second-order valence-electron chi connectivity index (χ2n) is 13.3. The Hall–Kier alpha value is -2.98. The summed E-state index contributed by atoms with van der Waals surface area (Å²) >= 11 is 0. The molecule has 1 aromatic heterocycles. The van der Waals surface area contributed by atoms with Crippen molar-refractivity contribution in [3.8, 4) is 0 Å². The second kappa shape index (κ2) is 15.5. The van der Waals surface area contributed by atoms with Gasteiger partial charge in [0.05, 0.1) is 6.61 Å². The Labute approximate surface area is 266 Å². The maximum absolute atomic E-state index is 14.1. The fraction of sp³-hybridized carbons (Fsp3) is 0.686. The summed E-state index contributed by atoms with van der Waals surface area (Å²) in [5.41, 5.74) is 7.90. The van der Waals surface area contributed by atoms with Crippen molar-refractivity contribution in [2.24, 2.45) is 36.5 Å². The first-order valence-corrected chi connectivity index (χ1v) is 17.1. The molecule has 2 aromatic rings. The standard InChI is InChI=1S/C35H51FN4O5/c1-3-44-18-7-19-45-35(43)31-21-26-20-27(14-15-30(26)39(31)2)38-33(41)32-28(23-8-5-4-6-9-23)16-17-40(32)34(42)25-12-10-24(11-13-25)29(37)22-36/h14-15,20-21,23-25,28-29,32H,3-13,16-19,22,37H2,1-2H3,(H,38,41)/t24?,25?,28-,29?,32-/m0/s1. The summed E-state index contributed by atoms with van der Waals surface area (Å²) in [7, 11) is 1.83. The van der Waals surface area contributed by atoms with E-state index >= 15 is 0 Å². The molecule has 2 aliphatic carbocycles. The number of aromatic nitrogens is 1. The third-order valence-corrected chi connectivity index (χ3v) is 10.5. The van der Waals surface area contributed by atoms with Crippen molar-refractivity contribution in [1.29, 1.82) is 0 Å². The first-order chi connectivity index (χ1) is 21.8. The van der Waals surface area contributed by atoms with Crippen molar-refractivity contribution in [2.45, 2.75) is 89.6 Å². The van der Waals surface area contributed by atoms with Gasteiger partial charge in [-0.1, -0.05) is 32.1 Å². The van der Waals surface area contributed by atoms with Gasteiger partial charge < -0.3 is 30.0 Å². The molecule has 3 fully saturated rings. The quantitative estimate of drug-likeness (QED) is 0.234. The Morgan fingerprint density at radius 1 is 1.02 bits per heavy atom. The highest BCUT2D eigenvalue weighted by atomic mass is 19.1. The Morgan fingerprint density at radius 3 is 2.49 bits per heavy atom. The van der Waals surface area contributed by atoms with Gasteiger partial charge in [0.2, 0.25) is 11.8 Å². The summed E-state index contributed by atoms with van der Waals surface area (Å²) in [6.07, 6.45) is 10.1. The van der Waals surface area contributed by atoms with Crippen molar-refractivity contribution >= 4 is 34.4 Å². The number of carbonyl (C=O) groups excluding carboxylic acids is 3. The molecule has 248 valence electrons. The molecule has 0 spiro atoms. The Bertz CT molecular complexity index is 1320. The first-order valence-electron chi connectivity index (χ1n) is 17.1. The van der Waals surface area contributed by atoms with Gasteiger partial charge in [0.25, 0.3) is 0 Å². The molecule has 2 saturated carbocycles. The molecule has 1 aromatic carbocycles. The number of nitrogens with two attached hydrogens (primary N) is 1. The van der Waals surface area contributed by atoms with E-state index in [-0.39, 0.29) is 36.2 Å². The van der Waals surface area contributed by atoms with Crippen LogP contribution in [0.15, 0.2) is 24.3 Å². The predicted octanol–water partition coefficient (Wildman–Crippen LogP) is 5.60. The van der Waals surface area contributed by atoms with Gasteiger partial charge in [0, 0.05) is 61.8 Å². The van der Waals surface area contributed by atoms with Crippen LogP contribution in [0.5, 0.6) is 0 Å². The number of amides is 2. The minimum absolute atomic E-state index is 0.0589. The molecule has 3 atom stereocenters. The van der Waals surface area contributed by atoms with E-state index in [1.807, 2.05) is 37.1 Å². The Kier molecular flexibility index (Phi) is 11.5. The summed E-state index contributed by atoms with van der Waals surface area (Å²) in [4.78, 5) is 42.7. The first kappa shape index (κ1) is 33.4. The van der Waals surface area contributed by atoms with Crippen LogP contribution >= 0.6 is 0 Å². The zero-order valence-corrected chi connectivity index (χ0v) is 27.0. The third kappa shape index (κ3) is 7.71. The number of fused-ring (bicyclic) bond motifs is 1. The largest absolute Gasteiger partial charge is 0.461 e. The van der Waals surface area contributed by atoms with Crippen LogP contribution in [-0.2, 0) is 26.1 Å². The lowest BCUT2D eigenvalue weighted by atomic mass is 9.76. The fourth-order valence-electron chi connectivity index (χ4n) is 7.99. The molecule has 2 amide bonds. The maximum Gasteiger partial charge on any atom is 0.354 e. The van der Waals surface area contributed by atoms with Crippen molar-refractivity contribution in [2.75, 3.05) is 38.4 Å². The molecular formula is C35H51FN4O5. The molecule has 10 heteroatoms. The van der Waals surface area contributed by atoms with Crippen LogP contribution in [0, 0.1) is 23.7 Å². The van der Waals surface area contributed by atoms with Gasteiger partial charge in [-0.15, -0.1) is 0 Å². The van der Waals surface area contributed by atoms with Gasteiger partial charge in [-0.25, -0.2) is 9.18 Å². The molecule has 5 rings (SSSR count). The van der Waals surface area contributed by atoms with Crippen molar-refractivity contribution in [1.82, 2.24) is 9.47 Å². The molecular weight excluding hydrogens is 575 g/mol. The van der Waals surface area contributed by atoms with E-state index in [9.17, 15) is 18.8 Å². The van der Waals surface area contributed by atoms with E-state index < -0.39 is 24.7 Å². The van der Waals surface area contributed by atoms with Crippen LogP contribution in [0.1, 0.15) is 88.0 Å². The predicted molar refractivity (Wildman–Crippen MR) is 173 cm³/mol. The molecule has 0 radical (unpaired) electrons. The maximum atomic E-state index is 14.1. The van der Waals surface area contributed by atoms with Crippen LogP contribution in [0.4, 0.5) is 10.1 Å². The molecule has 1 unspecified atom stereocenters. The number of alkyl halides is 1. The summed E-state index contributed by atoms with van der Waals surface area (Å²) in [5.74, 6) is 0.0534. The highest BCUT2D eigenvalue weighted by molar-refractivity contribution is 6.01. The average molecular weight is 627 g/mol. The van der Waals surface area contributed by atoms with Crippen LogP contribution < -0.4 is 11.1 Å². The zero-order chi connectivity index (χ0) is 31.9. The van der Waals surface area contributed by atoms with Crippen molar-refractivity contribution in [3.05, 3.63) is 30.0 Å². The lowest BCUT2D eigenvalue weighted by Crippen LogP contribution is -2.50. The smallest absolute Gasteiger partial charge is 0.354 e. The monoisotopic (exact) mass is 626 g/mol. The molecule has 2 heterocycles. The summed E-state index contributed by atoms with van der Waals surface area (Å²) in [5, 5.41) is 3.97. The number of benzene rings is 1. The summed E-state index contributed by atoms with van der Waals surface area (Å²) in [6.45, 7) is 3.45. The van der Waals surface area contributed by atoms with E-state index in [1.54, 1.807) is 10.6 Å². The molecule has 3 aliphatic rings. The summed E-state index contributed by atoms with van der Waals surface area (Å²) in [6, 6.07) is 6.44. The minimum atomic E-state index is -0.532. The van der Waals surface area contributed by atoms with Gasteiger partial charge in [0.15, 0.2) is 0 Å². The van der Waals surface area contributed by atoms with E-state index in [4.69, 9.17) is 15.2 Å². The molecule has 0 bridgehead atoms. The highest BCUT2D eigenvalue weighted by Gasteiger charge is 2.47. The van der Waals surface area contributed by atoms with Crippen LogP contribution in [0.25, 0.3) is 10.9 Å². The lowest BCUT2D eigenvalue weighted by Gasteiger charge is -2.36. The van der Waals surface area contributed by atoms with E-state index in [2.05, 4.69) is 5.32 Å². The van der Waals surface area contributed by atoms with Crippen LogP contribution in [0.3, 0.4) is 0 Å². The number of aryl methyl sites for hydroxylation is 1. The van der Waals surface area contributed by atoms with E-state index in [0.717, 1.165) is 43.0 Å². The fourth-order valence-corrected chi connectivity index (χ4v) is 7.99. The van der Waals surface area contributed by atoms with Gasteiger partial charge in [-0.3, -0.25) is 9.59 Å². The topological polar surface area (TPSA) is 116 Å².